The highest BCUT2D eigenvalue weighted by Gasteiger charge is 2.33. The predicted octanol–water partition coefficient (Wildman–Crippen LogP) is 3.63. The second kappa shape index (κ2) is 5.59. The van der Waals surface area contributed by atoms with Crippen molar-refractivity contribution < 1.29 is 31.5 Å². The predicted molar refractivity (Wildman–Crippen MR) is 53.9 cm³/mol. The van der Waals surface area contributed by atoms with Gasteiger partial charge in [0.15, 0.2) is 6.29 Å². The average molecular weight is 334 g/mol. The second-order valence-corrected chi connectivity index (χ2v) is 3.59. The number of halogens is 6. The molecular weight excluding hydrogens is 329 g/mol. The van der Waals surface area contributed by atoms with E-state index in [0.717, 1.165) is 6.07 Å². The maximum Gasteiger partial charge on any atom is 0.574 e. The summed E-state index contributed by atoms with van der Waals surface area (Å²) in [7, 11) is 0. The summed E-state index contributed by atoms with van der Waals surface area (Å²) in [4.78, 5) is 13.6. The molecule has 1 rings (SSSR count). The molecule has 0 aliphatic heterocycles. The lowest BCUT2D eigenvalue weighted by Crippen LogP contribution is -2.19. The second-order valence-electron chi connectivity index (χ2n) is 3.03. The van der Waals surface area contributed by atoms with Crippen LogP contribution in [0, 0.1) is 0 Å². The van der Waals surface area contributed by atoms with E-state index in [2.05, 4.69) is 25.7 Å². The minimum Gasteiger partial charge on any atom is -0.388 e. The first-order valence-corrected chi connectivity index (χ1v) is 5.49. The van der Waals surface area contributed by atoms with Crippen LogP contribution in [0.3, 0.4) is 0 Å². The van der Waals surface area contributed by atoms with E-state index in [4.69, 9.17) is 0 Å². The van der Waals surface area contributed by atoms with Crippen LogP contribution in [0.4, 0.5) is 22.0 Å². The zero-order valence-corrected chi connectivity index (χ0v) is 10.1. The van der Waals surface area contributed by atoms with Crippen molar-refractivity contribution in [2.45, 2.75) is 18.1 Å². The number of carbonyl (C=O) groups excluding carboxylic acids is 1. The van der Waals surface area contributed by atoms with Gasteiger partial charge in [-0.2, -0.15) is 0 Å². The number of carbonyl (C=O) groups is 1. The van der Waals surface area contributed by atoms with Crippen molar-refractivity contribution in [1.29, 1.82) is 0 Å². The standard InChI is InChI=1S/C9H5BrF5NO2/c10-2-4-1-5(3-17)6(7(11)12)16-8(4)18-9(13,14)15/h1,3,7H,2H2. The van der Waals surface area contributed by atoms with E-state index in [-0.39, 0.29) is 17.2 Å². The average Bonchev–Trinajstić information content (AvgIpc) is 2.26. The highest BCUT2D eigenvalue weighted by molar-refractivity contribution is 9.08. The molecule has 9 heteroatoms. The van der Waals surface area contributed by atoms with Gasteiger partial charge in [-0.1, -0.05) is 15.9 Å². The summed E-state index contributed by atoms with van der Waals surface area (Å²) in [5.74, 6) is -1.000. The SMILES string of the molecule is O=Cc1cc(CBr)c(OC(F)(F)F)nc1C(F)F. The summed E-state index contributed by atoms with van der Waals surface area (Å²) in [6.45, 7) is 0. The first-order valence-electron chi connectivity index (χ1n) is 4.37. The molecule has 18 heavy (non-hydrogen) atoms. The van der Waals surface area contributed by atoms with Gasteiger partial charge in [-0.05, 0) is 6.07 Å². The van der Waals surface area contributed by atoms with Crippen LogP contribution in [0.25, 0.3) is 0 Å². The van der Waals surface area contributed by atoms with Crippen LogP contribution in [-0.2, 0) is 5.33 Å². The highest BCUT2D eigenvalue weighted by Crippen LogP contribution is 2.30. The maximum absolute atomic E-state index is 12.5. The van der Waals surface area contributed by atoms with Crippen LogP contribution in [0.15, 0.2) is 6.07 Å². The molecule has 0 aliphatic rings. The Bertz CT molecular complexity index is 449. The Hall–Kier alpha value is -1.25. The molecule has 3 nitrogen and oxygen atoms in total. The molecule has 0 saturated heterocycles. The minimum atomic E-state index is -5.05. The number of aldehydes is 1. The number of aromatic nitrogens is 1. The lowest BCUT2D eigenvalue weighted by molar-refractivity contribution is -0.276. The number of nitrogens with zero attached hydrogens (tertiary/aromatic N) is 1. The summed E-state index contributed by atoms with van der Waals surface area (Å²) in [6, 6.07) is 0.872. The fourth-order valence-corrected chi connectivity index (χ4v) is 1.53. The summed E-state index contributed by atoms with van der Waals surface area (Å²) >= 11 is 2.85. The molecule has 0 fully saturated rings. The molecule has 1 aromatic heterocycles. The van der Waals surface area contributed by atoms with Crippen molar-refractivity contribution in [3.63, 3.8) is 0 Å². The van der Waals surface area contributed by atoms with Crippen LogP contribution in [-0.4, -0.2) is 17.6 Å². The van der Waals surface area contributed by atoms with Gasteiger partial charge in [0.25, 0.3) is 6.43 Å². The molecule has 0 N–H and O–H groups in total. The molecule has 0 unspecified atom stereocenters. The van der Waals surface area contributed by atoms with Crippen LogP contribution >= 0.6 is 15.9 Å². The third-order valence-corrected chi connectivity index (χ3v) is 2.42. The van der Waals surface area contributed by atoms with Gasteiger partial charge in [0.05, 0.1) is 0 Å². The first kappa shape index (κ1) is 14.8. The van der Waals surface area contributed by atoms with E-state index in [1.165, 1.54) is 0 Å². The number of alkyl halides is 6. The molecule has 100 valence electrons. The Balaban J connectivity index is 3.32. The molecule has 1 heterocycles. The summed E-state index contributed by atoms with van der Waals surface area (Å²) in [5, 5.41) is -0.129. The molecule has 0 amide bonds. The van der Waals surface area contributed by atoms with Crippen molar-refractivity contribution >= 4 is 22.2 Å². The summed E-state index contributed by atoms with van der Waals surface area (Å²) < 4.78 is 64.6. The lowest BCUT2D eigenvalue weighted by Gasteiger charge is -2.13. The van der Waals surface area contributed by atoms with E-state index >= 15 is 0 Å². The number of rotatable bonds is 4. The lowest BCUT2D eigenvalue weighted by atomic mass is 10.1. The molecule has 0 atom stereocenters. The largest absolute Gasteiger partial charge is 0.574 e. The maximum atomic E-state index is 12.5. The van der Waals surface area contributed by atoms with E-state index < -0.39 is 29.9 Å². The molecule has 1 aromatic rings. The Morgan fingerprint density at radius 2 is 2.06 bits per heavy atom. The van der Waals surface area contributed by atoms with Gasteiger partial charge < -0.3 is 4.74 Å². The number of hydrogen-bond donors (Lipinski definition) is 0. The van der Waals surface area contributed by atoms with Crippen LogP contribution < -0.4 is 4.74 Å². The molecule has 0 radical (unpaired) electrons. The monoisotopic (exact) mass is 333 g/mol. The van der Waals surface area contributed by atoms with Gasteiger partial charge in [-0.25, -0.2) is 13.8 Å². The van der Waals surface area contributed by atoms with Crippen LogP contribution in [0.2, 0.25) is 0 Å². The Morgan fingerprint density at radius 1 is 1.44 bits per heavy atom. The fraction of sp³-hybridized carbons (Fsp3) is 0.333. The van der Waals surface area contributed by atoms with Crippen molar-refractivity contribution in [2.24, 2.45) is 0 Å². The van der Waals surface area contributed by atoms with Gasteiger partial charge >= 0.3 is 6.36 Å². The normalized spacial score (nSPS) is 11.7. The molecule has 0 bridgehead atoms. The Labute approximate surface area is 106 Å². The van der Waals surface area contributed by atoms with Crippen LogP contribution in [0.5, 0.6) is 5.88 Å². The Kier molecular flexibility index (Phi) is 4.60. The van der Waals surface area contributed by atoms with Gasteiger partial charge in [-0.3, -0.25) is 4.79 Å². The minimum absolute atomic E-state index is 0.0953. The van der Waals surface area contributed by atoms with Gasteiger partial charge in [0.2, 0.25) is 5.88 Å². The van der Waals surface area contributed by atoms with Crippen LogP contribution in [0.1, 0.15) is 28.0 Å². The third kappa shape index (κ3) is 3.62. The Morgan fingerprint density at radius 3 is 2.44 bits per heavy atom. The van der Waals surface area contributed by atoms with Gasteiger partial charge in [0, 0.05) is 16.5 Å². The van der Waals surface area contributed by atoms with E-state index in [0.29, 0.717) is 0 Å². The quantitative estimate of drug-likeness (QED) is 0.480. The highest BCUT2D eigenvalue weighted by atomic mass is 79.9. The summed E-state index contributed by atoms with van der Waals surface area (Å²) in [6.07, 6.45) is -8.13. The van der Waals surface area contributed by atoms with Gasteiger partial charge in [0.1, 0.15) is 5.69 Å². The zero-order valence-electron chi connectivity index (χ0n) is 8.47. The first-order chi connectivity index (χ1) is 8.28. The van der Waals surface area contributed by atoms with E-state index in [9.17, 15) is 26.7 Å². The van der Waals surface area contributed by atoms with Crippen molar-refractivity contribution in [3.8, 4) is 5.88 Å². The van der Waals surface area contributed by atoms with E-state index in [1.54, 1.807) is 0 Å². The third-order valence-electron chi connectivity index (χ3n) is 1.81. The smallest absolute Gasteiger partial charge is 0.388 e. The van der Waals surface area contributed by atoms with Gasteiger partial charge in [-0.15, -0.1) is 13.2 Å². The van der Waals surface area contributed by atoms with Crippen molar-refractivity contribution in [1.82, 2.24) is 4.98 Å². The number of ether oxygens (including phenoxy) is 1. The number of pyridine rings is 1. The van der Waals surface area contributed by atoms with E-state index in [1.807, 2.05) is 0 Å². The molecule has 0 saturated carbocycles. The fourth-order valence-electron chi connectivity index (χ4n) is 1.13. The molecule has 0 aliphatic carbocycles. The zero-order chi connectivity index (χ0) is 13.9. The topological polar surface area (TPSA) is 39.2 Å². The molecule has 0 spiro atoms. The van der Waals surface area contributed by atoms with Crippen molar-refractivity contribution in [3.05, 3.63) is 22.9 Å². The number of hydrogen-bond acceptors (Lipinski definition) is 3. The van der Waals surface area contributed by atoms with Crippen molar-refractivity contribution in [2.75, 3.05) is 0 Å². The molecule has 0 aromatic carbocycles. The summed E-state index contributed by atoms with van der Waals surface area (Å²) in [5.41, 5.74) is -1.68. The molecular formula is C9H5BrF5NO2.